The van der Waals surface area contributed by atoms with Gasteiger partial charge in [0.05, 0.1) is 26.8 Å². The van der Waals surface area contributed by atoms with Crippen molar-refractivity contribution in [2.24, 2.45) is 0 Å². The van der Waals surface area contributed by atoms with Crippen molar-refractivity contribution in [1.82, 2.24) is 4.98 Å². The molecule has 1 aromatic carbocycles. The molecule has 0 fully saturated rings. The van der Waals surface area contributed by atoms with Gasteiger partial charge in [0.1, 0.15) is 4.90 Å². The number of benzene rings is 1. The van der Waals surface area contributed by atoms with E-state index in [4.69, 9.17) is 0 Å². The lowest BCUT2D eigenvalue weighted by atomic mass is 10.1. The first-order valence-corrected chi connectivity index (χ1v) is 7.12. The normalized spacial score (nSPS) is 10.7. The molecule has 0 radical (unpaired) electrons. The predicted octanol–water partition coefficient (Wildman–Crippen LogP) is 3.07. The molecule has 0 bridgehead atoms. The van der Waals surface area contributed by atoms with Crippen molar-refractivity contribution in [1.29, 1.82) is 0 Å². The Kier molecular flexibility index (Phi) is 4.40. The molecule has 1 aromatic heterocycles. The minimum absolute atomic E-state index is 0.278. The summed E-state index contributed by atoms with van der Waals surface area (Å²) in [5.41, 5.74) is -0.329. The van der Waals surface area contributed by atoms with Crippen LogP contribution >= 0.6 is 24.4 Å². The Morgan fingerprint density at radius 1 is 1.25 bits per heavy atom. The first-order valence-electron chi connectivity index (χ1n) is 5.50. The second-order valence-electron chi connectivity index (χ2n) is 3.73. The second-order valence-corrected chi connectivity index (χ2v) is 5.28. The summed E-state index contributed by atoms with van der Waals surface area (Å²) in [6.45, 7) is 0. The third kappa shape index (κ3) is 2.68. The molecule has 2 rings (SSSR count). The Balaban J connectivity index is 2.80. The smallest absolute Gasteiger partial charge is 0.258 e. The molecule has 7 nitrogen and oxygen atoms in total. The number of pyridine rings is 1. The molecule has 0 spiro atoms. The van der Waals surface area contributed by atoms with Crippen molar-refractivity contribution >= 4 is 46.7 Å². The second kappa shape index (κ2) is 6.06. The molecule has 0 aliphatic carbocycles. The zero-order valence-electron chi connectivity index (χ0n) is 10.1. The van der Waals surface area contributed by atoms with Gasteiger partial charge in [0.25, 0.3) is 11.4 Å². The van der Waals surface area contributed by atoms with E-state index < -0.39 is 9.85 Å². The summed E-state index contributed by atoms with van der Waals surface area (Å²) in [7, 11) is 0. The van der Waals surface area contributed by atoms with E-state index in [-0.39, 0.29) is 16.9 Å². The van der Waals surface area contributed by atoms with Crippen LogP contribution in [-0.2, 0) is 0 Å². The van der Waals surface area contributed by atoms with Gasteiger partial charge in [-0.1, -0.05) is 0 Å². The van der Waals surface area contributed by atoms with Crippen molar-refractivity contribution in [2.75, 3.05) is 11.5 Å². The topological polar surface area (TPSA) is 99.2 Å². The molecular weight excluding hydrogens is 302 g/mol. The average molecular weight is 311 g/mol. The van der Waals surface area contributed by atoms with Gasteiger partial charge in [0, 0.05) is 11.9 Å². The van der Waals surface area contributed by atoms with E-state index in [1.165, 1.54) is 24.0 Å². The molecule has 0 atom stereocenters. The summed E-state index contributed by atoms with van der Waals surface area (Å²) in [6.07, 6.45) is 1.46. The summed E-state index contributed by atoms with van der Waals surface area (Å²) >= 11 is 5.29. The highest BCUT2D eigenvalue weighted by molar-refractivity contribution is 8.00. The number of rotatable bonds is 5. The fourth-order valence-electron chi connectivity index (χ4n) is 1.76. The van der Waals surface area contributed by atoms with Gasteiger partial charge in [-0.2, -0.15) is 12.6 Å². The van der Waals surface area contributed by atoms with Crippen LogP contribution in [0.3, 0.4) is 0 Å². The molecule has 0 saturated heterocycles. The maximum atomic E-state index is 11.1. The van der Waals surface area contributed by atoms with E-state index in [0.29, 0.717) is 21.8 Å². The van der Waals surface area contributed by atoms with Crippen molar-refractivity contribution < 1.29 is 9.85 Å². The highest BCUT2D eigenvalue weighted by Crippen LogP contribution is 2.40. The summed E-state index contributed by atoms with van der Waals surface area (Å²) in [6, 6.07) is 4.09. The van der Waals surface area contributed by atoms with Crippen LogP contribution in [0.25, 0.3) is 10.9 Å². The molecule has 0 aliphatic heterocycles. The van der Waals surface area contributed by atoms with E-state index in [2.05, 4.69) is 17.6 Å². The van der Waals surface area contributed by atoms with Crippen molar-refractivity contribution in [3.05, 3.63) is 44.6 Å². The van der Waals surface area contributed by atoms with Gasteiger partial charge in [-0.15, -0.1) is 11.8 Å². The first-order chi connectivity index (χ1) is 9.56. The number of thioether (sulfide) groups is 1. The van der Waals surface area contributed by atoms with Gasteiger partial charge in [-0.05, 0) is 17.9 Å². The van der Waals surface area contributed by atoms with Crippen LogP contribution in [-0.4, -0.2) is 26.3 Å². The van der Waals surface area contributed by atoms with Gasteiger partial charge < -0.3 is 0 Å². The van der Waals surface area contributed by atoms with E-state index in [9.17, 15) is 20.2 Å². The number of thiol groups is 1. The molecular formula is C11H9N3O4S2. The lowest BCUT2D eigenvalue weighted by Crippen LogP contribution is -1.98. The van der Waals surface area contributed by atoms with Gasteiger partial charge >= 0.3 is 0 Å². The van der Waals surface area contributed by atoms with E-state index >= 15 is 0 Å². The van der Waals surface area contributed by atoms with Crippen LogP contribution in [0.2, 0.25) is 0 Å². The summed E-state index contributed by atoms with van der Waals surface area (Å²) in [5.74, 6) is 1.08. The highest BCUT2D eigenvalue weighted by atomic mass is 32.2. The van der Waals surface area contributed by atoms with Gasteiger partial charge in [-0.25, -0.2) is 0 Å². The van der Waals surface area contributed by atoms with Crippen LogP contribution in [0.1, 0.15) is 0 Å². The first kappa shape index (κ1) is 14.5. The van der Waals surface area contributed by atoms with Crippen LogP contribution in [0, 0.1) is 20.2 Å². The lowest BCUT2D eigenvalue weighted by molar-refractivity contribution is -0.394. The summed E-state index contributed by atoms with van der Waals surface area (Å²) in [4.78, 5) is 25.3. The van der Waals surface area contributed by atoms with E-state index in [1.54, 1.807) is 6.07 Å². The molecule has 104 valence electrons. The molecule has 0 amide bonds. The molecule has 0 saturated carbocycles. The maximum Gasteiger partial charge on any atom is 0.292 e. The Labute approximate surface area is 123 Å². The number of nitrogens with zero attached hydrogens (tertiary/aromatic N) is 3. The fraction of sp³-hybridized carbons (Fsp3) is 0.182. The Hall–Kier alpha value is -1.87. The number of fused-ring (bicyclic) bond motifs is 1. The summed E-state index contributed by atoms with van der Waals surface area (Å²) in [5, 5.41) is 22.5. The number of nitro groups is 2. The largest absolute Gasteiger partial charge is 0.292 e. The third-order valence-corrected chi connectivity index (χ3v) is 4.16. The Bertz CT molecular complexity index is 693. The molecule has 0 unspecified atom stereocenters. The van der Waals surface area contributed by atoms with Crippen LogP contribution in [0.4, 0.5) is 11.4 Å². The lowest BCUT2D eigenvalue weighted by Gasteiger charge is -2.06. The van der Waals surface area contributed by atoms with Gasteiger partial charge in [-0.3, -0.25) is 25.2 Å². The fourth-order valence-corrected chi connectivity index (χ4v) is 2.91. The number of hydrogen-bond donors (Lipinski definition) is 1. The standard InChI is InChI=1S/C11H9N3O4S2/c15-13(16)8-6-9(14(17)18)11(20-5-4-19)10-7(8)2-1-3-12-10/h1-3,6,19H,4-5H2. The number of non-ortho nitro benzene ring substituents is 1. The van der Waals surface area contributed by atoms with E-state index in [0.717, 1.165) is 6.07 Å². The SMILES string of the molecule is O=[N+]([O-])c1cc([N+](=O)[O-])c2cccnc2c1SCCS. The van der Waals surface area contributed by atoms with E-state index in [1.807, 2.05) is 0 Å². The number of hydrogen-bond acceptors (Lipinski definition) is 7. The number of aromatic nitrogens is 1. The predicted molar refractivity (Wildman–Crippen MR) is 79.6 cm³/mol. The zero-order chi connectivity index (χ0) is 14.7. The third-order valence-electron chi connectivity index (χ3n) is 2.54. The van der Waals surface area contributed by atoms with Crippen molar-refractivity contribution in [3.8, 4) is 0 Å². The quantitative estimate of drug-likeness (QED) is 0.394. The zero-order valence-corrected chi connectivity index (χ0v) is 11.8. The average Bonchev–Trinajstić information content (AvgIpc) is 2.43. The Morgan fingerprint density at radius 2 is 1.95 bits per heavy atom. The molecule has 9 heteroatoms. The molecule has 1 heterocycles. The van der Waals surface area contributed by atoms with Crippen LogP contribution < -0.4 is 0 Å². The molecule has 0 aliphatic rings. The van der Waals surface area contributed by atoms with Crippen molar-refractivity contribution in [3.63, 3.8) is 0 Å². The van der Waals surface area contributed by atoms with Crippen molar-refractivity contribution in [2.45, 2.75) is 4.90 Å². The molecule has 2 aromatic rings. The van der Waals surface area contributed by atoms with Gasteiger partial charge in [0.15, 0.2) is 0 Å². The Morgan fingerprint density at radius 3 is 2.55 bits per heavy atom. The monoisotopic (exact) mass is 311 g/mol. The van der Waals surface area contributed by atoms with Crippen LogP contribution in [0.5, 0.6) is 0 Å². The molecule has 20 heavy (non-hydrogen) atoms. The van der Waals surface area contributed by atoms with Crippen LogP contribution in [0.15, 0.2) is 29.3 Å². The molecule has 0 N–H and O–H groups in total. The maximum absolute atomic E-state index is 11.1. The minimum Gasteiger partial charge on any atom is -0.258 e. The minimum atomic E-state index is -0.635. The van der Waals surface area contributed by atoms with Gasteiger partial charge in [0.2, 0.25) is 0 Å². The highest BCUT2D eigenvalue weighted by Gasteiger charge is 2.26. The number of nitro benzene ring substituents is 2. The summed E-state index contributed by atoms with van der Waals surface area (Å²) < 4.78 is 0.